The standard InChI is InChI=1S/C21H17N3O7/c1-21(2)9-16(25)15-7-11(3-6-17(15)31-21)22-18(26)10-23-19(27)13-5-4-12(24(29)30)8-14(13)20(23)28/h3-8H,9-10H2,1-2H3,(H,22,26). The van der Waals surface area contributed by atoms with E-state index in [0.29, 0.717) is 17.0 Å². The third-order valence-corrected chi connectivity index (χ3v) is 5.00. The molecule has 4 rings (SSSR count). The summed E-state index contributed by atoms with van der Waals surface area (Å²) in [5.41, 5.74) is -0.406. The molecule has 2 heterocycles. The van der Waals surface area contributed by atoms with Crippen LogP contribution in [0.5, 0.6) is 5.75 Å². The van der Waals surface area contributed by atoms with Crippen LogP contribution in [-0.2, 0) is 4.79 Å². The molecule has 0 atom stereocenters. The van der Waals surface area contributed by atoms with Crippen LogP contribution >= 0.6 is 0 Å². The van der Waals surface area contributed by atoms with Crippen LogP contribution < -0.4 is 10.1 Å². The highest BCUT2D eigenvalue weighted by Crippen LogP contribution is 2.34. The van der Waals surface area contributed by atoms with E-state index in [4.69, 9.17) is 4.74 Å². The molecule has 0 spiro atoms. The van der Waals surface area contributed by atoms with Gasteiger partial charge < -0.3 is 10.1 Å². The van der Waals surface area contributed by atoms with Crippen LogP contribution in [0.25, 0.3) is 0 Å². The zero-order chi connectivity index (χ0) is 22.5. The van der Waals surface area contributed by atoms with Gasteiger partial charge in [-0.3, -0.25) is 34.2 Å². The van der Waals surface area contributed by atoms with Gasteiger partial charge in [-0.25, -0.2) is 0 Å². The molecule has 0 fully saturated rings. The van der Waals surface area contributed by atoms with E-state index in [2.05, 4.69) is 5.32 Å². The van der Waals surface area contributed by atoms with Crippen molar-refractivity contribution in [3.05, 3.63) is 63.2 Å². The average Bonchev–Trinajstić information content (AvgIpc) is 2.92. The molecule has 0 bridgehead atoms. The highest BCUT2D eigenvalue weighted by Gasteiger charge is 2.38. The van der Waals surface area contributed by atoms with Crippen molar-refractivity contribution in [2.75, 3.05) is 11.9 Å². The summed E-state index contributed by atoms with van der Waals surface area (Å²) in [7, 11) is 0. The number of imide groups is 1. The van der Waals surface area contributed by atoms with E-state index in [1.807, 2.05) is 0 Å². The molecule has 10 heteroatoms. The van der Waals surface area contributed by atoms with Gasteiger partial charge in [-0.05, 0) is 38.1 Å². The van der Waals surface area contributed by atoms with E-state index in [0.717, 1.165) is 17.0 Å². The Balaban J connectivity index is 1.49. The van der Waals surface area contributed by atoms with Crippen molar-refractivity contribution < 1.29 is 28.8 Å². The number of nitrogens with one attached hydrogen (secondary N) is 1. The van der Waals surface area contributed by atoms with Gasteiger partial charge in [0.1, 0.15) is 17.9 Å². The van der Waals surface area contributed by atoms with E-state index in [1.165, 1.54) is 12.1 Å². The zero-order valence-electron chi connectivity index (χ0n) is 16.6. The smallest absolute Gasteiger partial charge is 0.270 e. The minimum atomic E-state index is -0.782. The first-order valence-electron chi connectivity index (χ1n) is 9.36. The number of ether oxygens (including phenoxy) is 1. The van der Waals surface area contributed by atoms with E-state index in [-0.39, 0.29) is 29.0 Å². The molecule has 3 amide bonds. The molecule has 2 aliphatic rings. The molecular weight excluding hydrogens is 406 g/mol. The first-order valence-corrected chi connectivity index (χ1v) is 9.36. The highest BCUT2D eigenvalue weighted by atomic mass is 16.6. The van der Waals surface area contributed by atoms with Crippen molar-refractivity contribution in [3.63, 3.8) is 0 Å². The number of anilines is 1. The summed E-state index contributed by atoms with van der Waals surface area (Å²) in [5, 5.41) is 13.5. The Bertz CT molecular complexity index is 1190. The molecule has 0 radical (unpaired) electrons. The first kappa shape index (κ1) is 20.2. The summed E-state index contributed by atoms with van der Waals surface area (Å²) >= 11 is 0. The number of carbonyl (C=O) groups is 4. The van der Waals surface area contributed by atoms with Crippen molar-refractivity contribution in [2.45, 2.75) is 25.9 Å². The molecule has 2 aromatic carbocycles. The van der Waals surface area contributed by atoms with Gasteiger partial charge >= 0.3 is 0 Å². The van der Waals surface area contributed by atoms with Crippen LogP contribution in [0.2, 0.25) is 0 Å². The maximum atomic E-state index is 12.5. The number of hydrogen-bond donors (Lipinski definition) is 1. The Morgan fingerprint density at radius 3 is 2.52 bits per heavy atom. The van der Waals surface area contributed by atoms with Crippen molar-refractivity contribution >= 4 is 34.9 Å². The minimum absolute atomic E-state index is 0.00235. The Morgan fingerprint density at radius 2 is 1.81 bits per heavy atom. The van der Waals surface area contributed by atoms with Crippen LogP contribution in [0.1, 0.15) is 51.3 Å². The number of amides is 3. The molecule has 0 unspecified atom stereocenters. The Hall–Kier alpha value is -4.08. The summed E-state index contributed by atoms with van der Waals surface area (Å²) < 4.78 is 5.77. The first-order chi connectivity index (χ1) is 14.6. The number of fused-ring (bicyclic) bond motifs is 2. The van der Waals surface area contributed by atoms with Crippen LogP contribution in [0.3, 0.4) is 0 Å². The Morgan fingerprint density at radius 1 is 1.10 bits per heavy atom. The lowest BCUT2D eigenvalue weighted by Crippen LogP contribution is -2.37. The number of nitrogens with zero attached hydrogens (tertiary/aromatic N) is 2. The molecule has 1 N–H and O–H groups in total. The molecule has 0 aromatic heterocycles. The molecule has 2 aromatic rings. The van der Waals surface area contributed by atoms with Crippen LogP contribution in [0.4, 0.5) is 11.4 Å². The number of benzene rings is 2. The summed E-state index contributed by atoms with van der Waals surface area (Å²) in [5.74, 6) is -1.85. The van der Waals surface area contributed by atoms with Crippen molar-refractivity contribution in [3.8, 4) is 5.75 Å². The number of non-ortho nitro benzene ring substituents is 1. The number of carbonyl (C=O) groups excluding carboxylic acids is 4. The lowest BCUT2D eigenvalue weighted by Gasteiger charge is -2.31. The summed E-state index contributed by atoms with van der Waals surface area (Å²) in [6.07, 6.45) is 0.193. The largest absolute Gasteiger partial charge is 0.487 e. The fraction of sp³-hybridized carbons (Fsp3) is 0.238. The number of ketones is 1. The summed E-state index contributed by atoms with van der Waals surface area (Å²) in [6.45, 7) is 3.04. The lowest BCUT2D eigenvalue weighted by atomic mass is 9.93. The molecule has 2 aliphatic heterocycles. The lowest BCUT2D eigenvalue weighted by molar-refractivity contribution is -0.384. The topological polar surface area (TPSA) is 136 Å². The summed E-state index contributed by atoms with van der Waals surface area (Å²) in [4.78, 5) is 60.8. The van der Waals surface area contributed by atoms with Crippen LogP contribution in [0.15, 0.2) is 36.4 Å². The normalized spacial score (nSPS) is 16.5. The van der Waals surface area contributed by atoms with E-state index >= 15 is 0 Å². The second-order valence-electron chi connectivity index (χ2n) is 7.90. The van der Waals surface area contributed by atoms with E-state index < -0.39 is 34.8 Å². The fourth-order valence-corrected chi connectivity index (χ4v) is 3.61. The number of nitro benzene ring substituents is 1. The summed E-state index contributed by atoms with van der Waals surface area (Å²) in [6, 6.07) is 7.95. The van der Waals surface area contributed by atoms with E-state index in [1.54, 1.807) is 26.0 Å². The maximum absolute atomic E-state index is 12.5. The second-order valence-corrected chi connectivity index (χ2v) is 7.90. The van der Waals surface area contributed by atoms with Gasteiger partial charge in [0.05, 0.1) is 28.0 Å². The molecule has 10 nitrogen and oxygen atoms in total. The third-order valence-electron chi connectivity index (χ3n) is 5.00. The number of Topliss-reactive ketones (excluding diaryl/α,β-unsaturated/α-hetero) is 1. The van der Waals surface area contributed by atoms with Gasteiger partial charge in [0, 0.05) is 17.8 Å². The average molecular weight is 423 g/mol. The van der Waals surface area contributed by atoms with Gasteiger partial charge in [-0.2, -0.15) is 0 Å². The SMILES string of the molecule is CC1(C)CC(=O)c2cc(NC(=O)CN3C(=O)c4ccc([N+](=O)[O-])cc4C3=O)ccc2O1. The maximum Gasteiger partial charge on any atom is 0.270 e. The number of rotatable bonds is 4. The molecule has 0 saturated carbocycles. The molecule has 158 valence electrons. The van der Waals surface area contributed by atoms with Gasteiger partial charge in [0.15, 0.2) is 5.78 Å². The molecule has 0 aliphatic carbocycles. The van der Waals surface area contributed by atoms with Gasteiger partial charge in [0.2, 0.25) is 5.91 Å². The molecular formula is C21H17N3O7. The van der Waals surface area contributed by atoms with Gasteiger partial charge in [0.25, 0.3) is 17.5 Å². The quantitative estimate of drug-likeness (QED) is 0.453. The molecule has 0 saturated heterocycles. The predicted octanol–water partition coefficient (Wildman–Crippen LogP) is 2.57. The third kappa shape index (κ3) is 3.63. The van der Waals surface area contributed by atoms with Crippen molar-refractivity contribution in [2.24, 2.45) is 0 Å². The second kappa shape index (κ2) is 7.01. The van der Waals surface area contributed by atoms with Crippen molar-refractivity contribution in [1.29, 1.82) is 0 Å². The minimum Gasteiger partial charge on any atom is -0.487 e. The van der Waals surface area contributed by atoms with Gasteiger partial charge in [-0.15, -0.1) is 0 Å². The monoisotopic (exact) mass is 423 g/mol. The Kier molecular flexibility index (Phi) is 4.57. The number of nitro groups is 1. The fourth-order valence-electron chi connectivity index (χ4n) is 3.61. The van der Waals surface area contributed by atoms with Gasteiger partial charge in [-0.1, -0.05) is 0 Å². The Labute approximate surface area is 175 Å². The zero-order valence-corrected chi connectivity index (χ0v) is 16.6. The van der Waals surface area contributed by atoms with Crippen molar-refractivity contribution in [1.82, 2.24) is 4.90 Å². The van der Waals surface area contributed by atoms with Crippen LogP contribution in [-0.4, -0.2) is 45.5 Å². The predicted molar refractivity (Wildman–Crippen MR) is 107 cm³/mol. The number of hydrogen-bond acceptors (Lipinski definition) is 7. The van der Waals surface area contributed by atoms with Crippen LogP contribution in [0, 0.1) is 10.1 Å². The highest BCUT2D eigenvalue weighted by molar-refractivity contribution is 6.23. The van der Waals surface area contributed by atoms with E-state index in [9.17, 15) is 29.3 Å². The molecule has 31 heavy (non-hydrogen) atoms.